The molecule has 0 radical (unpaired) electrons. The molecule has 0 fully saturated rings. The SMILES string of the molecule is C[C@H](OC(=O)/C=C/c1nc2ccccc2s1)C(=O)Nc1ccc(F)c(Cl)c1. The number of thiazole rings is 1. The van der Waals surface area contributed by atoms with E-state index in [1.54, 1.807) is 0 Å². The van der Waals surface area contributed by atoms with E-state index in [-0.39, 0.29) is 5.02 Å². The van der Waals surface area contributed by atoms with Crippen LogP contribution in [0.1, 0.15) is 11.9 Å². The smallest absolute Gasteiger partial charge is 0.331 e. The zero-order chi connectivity index (χ0) is 19.4. The van der Waals surface area contributed by atoms with E-state index in [0.29, 0.717) is 10.7 Å². The first-order valence-corrected chi connectivity index (χ1v) is 9.12. The molecule has 0 aliphatic rings. The third-order valence-corrected chi connectivity index (χ3v) is 4.81. The number of rotatable bonds is 5. The van der Waals surface area contributed by atoms with E-state index in [1.165, 1.54) is 42.5 Å². The Morgan fingerprint density at radius 1 is 1.30 bits per heavy atom. The standard InChI is InChI=1S/C19H14ClFN2O3S/c1-11(19(25)22-12-6-7-14(21)13(20)10-12)26-18(24)9-8-17-23-15-4-2-3-5-16(15)27-17/h2-11H,1H3,(H,22,25)/b9-8+/t11-/m0/s1. The van der Waals surface area contributed by atoms with Crippen molar-refractivity contribution in [2.75, 3.05) is 5.32 Å². The molecule has 138 valence electrons. The van der Waals surface area contributed by atoms with Crippen LogP contribution < -0.4 is 5.32 Å². The summed E-state index contributed by atoms with van der Waals surface area (Å²) in [5, 5.41) is 3.05. The van der Waals surface area contributed by atoms with Crippen molar-refractivity contribution in [1.82, 2.24) is 4.98 Å². The number of aromatic nitrogens is 1. The molecule has 0 aliphatic heterocycles. The minimum atomic E-state index is -1.04. The summed E-state index contributed by atoms with van der Waals surface area (Å²) in [5.41, 5.74) is 1.15. The van der Waals surface area contributed by atoms with E-state index in [9.17, 15) is 14.0 Å². The Morgan fingerprint density at radius 3 is 2.81 bits per heavy atom. The van der Waals surface area contributed by atoms with Crippen LogP contribution in [0.4, 0.5) is 10.1 Å². The van der Waals surface area contributed by atoms with Crippen LogP contribution in [0.15, 0.2) is 48.5 Å². The van der Waals surface area contributed by atoms with Crippen molar-refractivity contribution in [1.29, 1.82) is 0 Å². The highest BCUT2D eigenvalue weighted by molar-refractivity contribution is 7.19. The average Bonchev–Trinajstić information content (AvgIpc) is 3.06. The lowest BCUT2D eigenvalue weighted by atomic mass is 10.3. The minimum absolute atomic E-state index is 0.115. The van der Waals surface area contributed by atoms with Gasteiger partial charge in [0.25, 0.3) is 5.91 Å². The molecule has 5 nitrogen and oxygen atoms in total. The number of carbonyl (C=O) groups excluding carboxylic acids is 2. The zero-order valence-electron chi connectivity index (χ0n) is 14.1. The van der Waals surface area contributed by atoms with E-state index in [4.69, 9.17) is 16.3 Å². The first kappa shape index (κ1) is 19.0. The lowest BCUT2D eigenvalue weighted by molar-refractivity contribution is -0.148. The van der Waals surface area contributed by atoms with Crippen LogP contribution in [0.25, 0.3) is 16.3 Å². The maximum absolute atomic E-state index is 13.1. The lowest BCUT2D eigenvalue weighted by Crippen LogP contribution is -2.29. The highest BCUT2D eigenvalue weighted by Crippen LogP contribution is 2.22. The normalized spacial score (nSPS) is 12.3. The van der Waals surface area contributed by atoms with Crippen molar-refractivity contribution in [2.45, 2.75) is 13.0 Å². The van der Waals surface area contributed by atoms with E-state index in [0.717, 1.165) is 16.3 Å². The summed E-state index contributed by atoms with van der Waals surface area (Å²) in [6.45, 7) is 1.43. The maximum atomic E-state index is 13.1. The van der Waals surface area contributed by atoms with Gasteiger partial charge >= 0.3 is 5.97 Å². The van der Waals surface area contributed by atoms with Crippen molar-refractivity contribution < 1.29 is 18.7 Å². The summed E-state index contributed by atoms with van der Waals surface area (Å²) in [6.07, 6.45) is 1.72. The van der Waals surface area contributed by atoms with Crippen molar-refractivity contribution in [3.05, 3.63) is 64.4 Å². The molecule has 1 N–H and O–H groups in total. The number of fused-ring (bicyclic) bond motifs is 1. The Hall–Kier alpha value is -2.77. The van der Waals surface area contributed by atoms with Gasteiger partial charge in [-0.3, -0.25) is 4.79 Å². The number of halogens is 2. The first-order chi connectivity index (χ1) is 12.9. The third kappa shape index (κ3) is 4.90. The predicted octanol–water partition coefficient (Wildman–Crippen LogP) is 4.67. The van der Waals surface area contributed by atoms with Crippen LogP contribution in [0.5, 0.6) is 0 Å². The number of nitrogens with zero attached hydrogens (tertiary/aromatic N) is 1. The average molecular weight is 405 g/mol. The van der Waals surface area contributed by atoms with Crippen LogP contribution in [0, 0.1) is 5.82 Å². The van der Waals surface area contributed by atoms with Gasteiger partial charge in [-0.25, -0.2) is 14.2 Å². The number of amides is 1. The number of anilines is 1. The quantitative estimate of drug-likeness (QED) is 0.495. The predicted molar refractivity (Wildman–Crippen MR) is 104 cm³/mol. The van der Waals surface area contributed by atoms with Gasteiger partial charge in [0.2, 0.25) is 0 Å². The van der Waals surface area contributed by atoms with Crippen LogP contribution in [-0.4, -0.2) is 23.0 Å². The van der Waals surface area contributed by atoms with Crippen LogP contribution >= 0.6 is 22.9 Å². The van der Waals surface area contributed by atoms with Crippen molar-refractivity contribution in [3.63, 3.8) is 0 Å². The Balaban J connectivity index is 1.57. The fraction of sp³-hybridized carbons (Fsp3) is 0.105. The number of hydrogen-bond acceptors (Lipinski definition) is 5. The molecule has 0 bridgehead atoms. The summed E-state index contributed by atoms with van der Waals surface area (Å²) in [4.78, 5) is 28.4. The molecule has 0 unspecified atom stereocenters. The van der Waals surface area contributed by atoms with Gasteiger partial charge in [-0.1, -0.05) is 23.7 Å². The number of esters is 1. The second kappa shape index (κ2) is 8.28. The van der Waals surface area contributed by atoms with Gasteiger partial charge in [0.15, 0.2) is 6.10 Å². The number of hydrogen-bond donors (Lipinski definition) is 1. The molecule has 3 aromatic rings. The van der Waals surface area contributed by atoms with Crippen LogP contribution in [0.3, 0.4) is 0 Å². The molecule has 27 heavy (non-hydrogen) atoms. The fourth-order valence-corrected chi connectivity index (χ4v) is 3.24. The van der Waals surface area contributed by atoms with Gasteiger partial charge in [-0.05, 0) is 43.3 Å². The van der Waals surface area contributed by atoms with Crippen molar-refractivity contribution >= 4 is 56.8 Å². The fourth-order valence-electron chi connectivity index (χ4n) is 2.19. The molecule has 3 rings (SSSR count). The molecule has 0 saturated heterocycles. The molecule has 1 atom stereocenters. The molecule has 8 heteroatoms. The molecule has 0 saturated carbocycles. The molecule has 1 amide bonds. The van der Waals surface area contributed by atoms with Gasteiger partial charge in [0.1, 0.15) is 10.8 Å². The molecule has 2 aromatic carbocycles. The van der Waals surface area contributed by atoms with Gasteiger partial charge < -0.3 is 10.1 Å². The number of para-hydroxylation sites is 1. The second-order valence-electron chi connectivity index (χ2n) is 5.55. The second-order valence-corrected chi connectivity index (χ2v) is 7.02. The molecule has 1 aromatic heterocycles. The van der Waals surface area contributed by atoms with E-state index >= 15 is 0 Å². The number of carbonyl (C=O) groups is 2. The monoisotopic (exact) mass is 404 g/mol. The van der Waals surface area contributed by atoms with Crippen molar-refractivity contribution in [3.8, 4) is 0 Å². The molecule has 0 aliphatic carbocycles. The van der Waals surface area contributed by atoms with Gasteiger partial charge in [-0.15, -0.1) is 11.3 Å². The Kier molecular flexibility index (Phi) is 5.83. The summed E-state index contributed by atoms with van der Waals surface area (Å²) >= 11 is 7.10. The van der Waals surface area contributed by atoms with Gasteiger partial charge in [-0.2, -0.15) is 0 Å². The Bertz CT molecular complexity index is 1000. The van der Waals surface area contributed by atoms with Crippen LogP contribution in [0.2, 0.25) is 5.02 Å². The lowest BCUT2D eigenvalue weighted by Gasteiger charge is -2.12. The Morgan fingerprint density at radius 2 is 2.07 bits per heavy atom. The molecular weight excluding hydrogens is 391 g/mol. The summed E-state index contributed by atoms with van der Waals surface area (Å²) in [5.74, 6) is -1.82. The summed E-state index contributed by atoms with van der Waals surface area (Å²) < 4.78 is 19.2. The summed E-state index contributed by atoms with van der Waals surface area (Å²) in [7, 11) is 0. The maximum Gasteiger partial charge on any atom is 0.331 e. The van der Waals surface area contributed by atoms with E-state index in [2.05, 4.69) is 10.3 Å². The largest absolute Gasteiger partial charge is 0.449 e. The molecular formula is C19H14ClFN2O3S. The van der Waals surface area contributed by atoms with E-state index in [1.807, 2.05) is 24.3 Å². The highest BCUT2D eigenvalue weighted by Gasteiger charge is 2.17. The van der Waals surface area contributed by atoms with Gasteiger partial charge in [0, 0.05) is 11.8 Å². The third-order valence-electron chi connectivity index (χ3n) is 3.52. The topological polar surface area (TPSA) is 68.3 Å². The van der Waals surface area contributed by atoms with E-state index < -0.39 is 23.8 Å². The number of nitrogens with one attached hydrogen (secondary N) is 1. The number of benzene rings is 2. The molecule has 1 heterocycles. The van der Waals surface area contributed by atoms with Gasteiger partial charge in [0.05, 0.1) is 15.2 Å². The summed E-state index contributed by atoms with van der Waals surface area (Å²) in [6, 6.07) is 11.4. The highest BCUT2D eigenvalue weighted by atomic mass is 35.5. The molecule has 0 spiro atoms. The Labute approximate surface area is 163 Å². The zero-order valence-corrected chi connectivity index (χ0v) is 15.7. The first-order valence-electron chi connectivity index (χ1n) is 7.92. The minimum Gasteiger partial charge on any atom is -0.449 e. The number of ether oxygens (including phenoxy) is 1. The van der Waals surface area contributed by atoms with Crippen LogP contribution in [-0.2, 0) is 14.3 Å². The van der Waals surface area contributed by atoms with Crippen molar-refractivity contribution in [2.24, 2.45) is 0 Å².